The van der Waals surface area contributed by atoms with Crippen LogP contribution in [0.4, 0.5) is 5.69 Å². The number of benzene rings is 2. The number of carbonyl (C=O) groups excluding carboxylic acids is 1. The highest BCUT2D eigenvalue weighted by molar-refractivity contribution is 5.93. The van der Waals surface area contributed by atoms with E-state index in [1.807, 2.05) is 32.0 Å². The molecular formula is C26H37N3O6. The minimum Gasteiger partial charge on any atom is -0.493 e. The number of β-amino-alcohol motifs (C(OH)–C–C–N with tert-alkyl or cyclic N) is 1. The van der Waals surface area contributed by atoms with Crippen LogP contribution in [0.25, 0.3) is 0 Å². The minimum atomic E-state index is -0.659. The van der Waals surface area contributed by atoms with Crippen molar-refractivity contribution in [2.24, 2.45) is 0 Å². The summed E-state index contributed by atoms with van der Waals surface area (Å²) < 4.78 is 21.8. The Morgan fingerprint density at radius 2 is 1.54 bits per heavy atom. The molecule has 1 heterocycles. The Kier molecular flexibility index (Phi) is 9.59. The highest BCUT2D eigenvalue weighted by atomic mass is 16.5. The van der Waals surface area contributed by atoms with Crippen LogP contribution in [0.1, 0.15) is 11.1 Å². The zero-order chi connectivity index (χ0) is 25.4. The Hall–Kier alpha value is -3.01. The van der Waals surface area contributed by atoms with Gasteiger partial charge in [-0.05, 0) is 25.0 Å². The second kappa shape index (κ2) is 12.6. The zero-order valence-electron chi connectivity index (χ0n) is 21.3. The lowest BCUT2D eigenvalue weighted by molar-refractivity contribution is -0.117. The molecule has 0 spiro atoms. The van der Waals surface area contributed by atoms with E-state index in [4.69, 9.17) is 18.9 Å². The normalized spacial score (nSPS) is 15.4. The van der Waals surface area contributed by atoms with Crippen LogP contribution in [0, 0.1) is 13.8 Å². The van der Waals surface area contributed by atoms with Crippen LogP contribution in [0.3, 0.4) is 0 Å². The largest absolute Gasteiger partial charge is 0.493 e. The molecule has 0 aromatic heterocycles. The van der Waals surface area contributed by atoms with Gasteiger partial charge < -0.3 is 29.4 Å². The average Bonchev–Trinajstić information content (AvgIpc) is 2.85. The Morgan fingerprint density at radius 3 is 2.09 bits per heavy atom. The second-order valence-electron chi connectivity index (χ2n) is 8.72. The third-order valence-corrected chi connectivity index (χ3v) is 6.13. The van der Waals surface area contributed by atoms with E-state index >= 15 is 0 Å². The van der Waals surface area contributed by atoms with Crippen molar-refractivity contribution >= 4 is 11.6 Å². The maximum atomic E-state index is 12.5. The number of ether oxygens (including phenoxy) is 4. The van der Waals surface area contributed by atoms with Crippen LogP contribution in [0.2, 0.25) is 0 Å². The summed E-state index contributed by atoms with van der Waals surface area (Å²) in [5, 5.41) is 13.6. The van der Waals surface area contributed by atoms with Crippen molar-refractivity contribution in [3.05, 3.63) is 41.5 Å². The van der Waals surface area contributed by atoms with Gasteiger partial charge in [0.2, 0.25) is 11.7 Å². The van der Waals surface area contributed by atoms with E-state index in [0.717, 1.165) is 43.0 Å². The summed E-state index contributed by atoms with van der Waals surface area (Å²) in [7, 11) is 4.63. The maximum Gasteiger partial charge on any atom is 0.238 e. The van der Waals surface area contributed by atoms with Crippen LogP contribution in [0.15, 0.2) is 30.3 Å². The average molecular weight is 488 g/mol. The molecule has 0 bridgehead atoms. The molecule has 2 aromatic carbocycles. The fourth-order valence-electron chi connectivity index (χ4n) is 4.21. The van der Waals surface area contributed by atoms with Crippen molar-refractivity contribution in [2.75, 3.05) is 72.5 Å². The number of aliphatic hydroxyl groups is 1. The summed E-state index contributed by atoms with van der Waals surface area (Å²) in [6.07, 6.45) is -0.659. The number of hydrogen-bond donors (Lipinski definition) is 2. The third kappa shape index (κ3) is 7.24. The predicted octanol–water partition coefficient (Wildman–Crippen LogP) is 2.33. The van der Waals surface area contributed by atoms with Gasteiger partial charge in [-0.2, -0.15) is 0 Å². The summed E-state index contributed by atoms with van der Waals surface area (Å²) in [4.78, 5) is 16.9. The molecule has 1 saturated heterocycles. The molecule has 0 radical (unpaired) electrons. The first-order valence-electron chi connectivity index (χ1n) is 11.8. The van der Waals surface area contributed by atoms with Crippen molar-refractivity contribution in [1.82, 2.24) is 9.80 Å². The third-order valence-electron chi connectivity index (χ3n) is 6.13. The van der Waals surface area contributed by atoms with E-state index < -0.39 is 6.10 Å². The number of carbonyl (C=O) groups is 1. The number of piperazine rings is 1. The molecule has 9 nitrogen and oxygen atoms in total. The summed E-state index contributed by atoms with van der Waals surface area (Å²) in [5.74, 6) is 2.00. The molecule has 0 saturated carbocycles. The number of methoxy groups -OCH3 is 3. The number of aryl methyl sites for hydroxylation is 2. The first kappa shape index (κ1) is 26.6. The van der Waals surface area contributed by atoms with E-state index in [-0.39, 0.29) is 12.5 Å². The Bertz CT molecular complexity index is 946. The molecule has 35 heavy (non-hydrogen) atoms. The lowest BCUT2D eigenvalue weighted by Crippen LogP contribution is -2.50. The minimum absolute atomic E-state index is 0.00497. The van der Waals surface area contributed by atoms with Crippen LogP contribution in [0.5, 0.6) is 23.0 Å². The molecule has 9 heteroatoms. The lowest BCUT2D eigenvalue weighted by atomic mass is 10.1. The number of para-hydroxylation sites is 1. The molecule has 1 fully saturated rings. The highest BCUT2D eigenvalue weighted by Crippen LogP contribution is 2.40. The summed E-state index contributed by atoms with van der Waals surface area (Å²) >= 11 is 0. The quantitative estimate of drug-likeness (QED) is 0.499. The molecule has 2 N–H and O–H groups in total. The smallest absolute Gasteiger partial charge is 0.238 e. The first-order valence-corrected chi connectivity index (χ1v) is 11.8. The van der Waals surface area contributed by atoms with Gasteiger partial charge in [-0.3, -0.25) is 14.6 Å². The van der Waals surface area contributed by atoms with Crippen molar-refractivity contribution in [3.63, 3.8) is 0 Å². The van der Waals surface area contributed by atoms with Crippen molar-refractivity contribution in [3.8, 4) is 23.0 Å². The van der Waals surface area contributed by atoms with Gasteiger partial charge in [0.15, 0.2) is 11.5 Å². The van der Waals surface area contributed by atoms with Gasteiger partial charge in [0, 0.05) is 50.5 Å². The zero-order valence-corrected chi connectivity index (χ0v) is 21.3. The number of anilines is 1. The van der Waals surface area contributed by atoms with Gasteiger partial charge in [0.05, 0.1) is 27.9 Å². The van der Waals surface area contributed by atoms with Gasteiger partial charge in [-0.1, -0.05) is 18.2 Å². The van der Waals surface area contributed by atoms with E-state index in [1.54, 1.807) is 33.5 Å². The van der Waals surface area contributed by atoms with E-state index in [2.05, 4.69) is 15.1 Å². The Balaban J connectivity index is 1.42. The van der Waals surface area contributed by atoms with Crippen LogP contribution < -0.4 is 24.3 Å². The number of nitrogens with zero attached hydrogens (tertiary/aromatic N) is 2. The van der Waals surface area contributed by atoms with Gasteiger partial charge in [-0.25, -0.2) is 0 Å². The molecule has 0 aliphatic carbocycles. The maximum absolute atomic E-state index is 12.5. The lowest BCUT2D eigenvalue weighted by Gasteiger charge is -2.35. The predicted molar refractivity (Wildman–Crippen MR) is 135 cm³/mol. The molecule has 192 valence electrons. The SMILES string of the molecule is COc1cc(OCC(O)CN2CCN(CC(=O)Nc3c(C)cccc3C)CC2)cc(OC)c1OC. The van der Waals surface area contributed by atoms with Crippen LogP contribution in [-0.4, -0.2) is 94.1 Å². The number of amides is 1. The fourth-order valence-corrected chi connectivity index (χ4v) is 4.21. The molecule has 2 aromatic rings. The number of nitrogens with one attached hydrogen (secondary N) is 1. The highest BCUT2D eigenvalue weighted by Gasteiger charge is 2.22. The van der Waals surface area contributed by atoms with E-state index in [9.17, 15) is 9.90 Å². The topological polar surface area (TPSA) is 92.7 Å². The summed E-state index contributed by atoms with van der Waals surface area (Å²) in [6.45, 7) is 8.06. The Labute approximate surface area is 207 Å². The monoisotopic (exact) mass is 487 g/mol. The van der Waals surface area contributed by atoms with Crippen molar-refractivity contribution in [1.29, 1.82) is 0 Å². The summed E-state index contributed by atoms with van der Waals surface area (Å²) in [6, 6.07) is 9.40. The van der Waals surface area contributed by atoms with E-state index in [1.165, 1.54) is 0 Å². The van der Waals surface area contributed by atoms with Gasteiger partial charge in [-0.15, -0.1) is 0 Å². The van der Waals surface area contributed by atoms with Crippen LogP contribution >= 0.6 is 0 Å². The molecule has 1 aliphatic rings. The molecule has 1 amide bonds. The number of aliphatic hydroxyl groups excluding tert-OH is 1. The second-order valence-corrected chi connectivity index (χ2v) is 8.72. The Morgan fingerprint density at radius 1 is 0.971 bits per heavy atom. The molecule has 1 atom stereocenters. The molecule has 1 unspecified atom stereocenters. The number of hydrogen-bond acceptors (Lipinski definition) is 8. The standard InChI is InChI=1S/C26H37N3O6/c1-18-7-6-8-19(2)25(18)27-24(31)16-29-11-9-28(10-12-29)15-20(30)17-35-21-13-22(32-3)26(34-5)23(14-21)33-4/h6-8,13-14,20,30H,9-12,15-17H2,1-5H3,(H,27,31). The molecular weight excluding hydrogens is 450 g/mol. The fraction of sp³-hybridized carbons (Fsp3) is 0.500. The van der Waals surface area contributed by atoms with Gasteiger partial charge >= 0.3 is 0 Å². The van der Waals surface area contributed by atoms with Crippen LogP contribution in [-0.2, 0) is 4.79 Å². The molecule has 3 rings (SSSR count). The number of rotatable bonds is 11. The van der Waals surface area contributed by atoms with Crippen molar-refractivity contribution in [2.45, 2.75) is 20.0 Å². The van der Waals surface area contributed by atoms with E-state index in [0.29, 0.717) is 36.1 Å². The van der Waals surface area contributed by atoms with Crippen molar-refractivity contribution < 1.29 is 28.8 Å². The summed E-state index contributed by atoms with van der Waals surface area (Å²) in [5.41, 5.74) is 3.02. The van der Waals surface area contributed by atoms with Gasteiger partial charge in [0.25, 0.3) is 0 Å². The first-order chi connectivity index (χ1) is 16.8. The van der Waals surface area contributed by atoms with Gasteiger partial charge in [0.1, 0.15) is 18.5 Å². The molecule has 1 aliphatic heterocycles.